The van der Waals surface area contributed by atoms with Gasteiger partial charge in [0.2, 0.25) is 0 Å². The fourth-order valence-electron chi connectivity index (χ4n) is 5.07. The van der Waals surface area contributed by atoms with Crippen LogP contribution < -0.4 is 0 Å². The summed E-state index contributed by atoms with van der Waals surface area (Å²) in [7, 11) is 0. The number of aliphatic hydroxyl groups is 1. The first kappa shape index (κ1) is 13.8. The molecule has 0 spiro atoms. The Balaban J connectivity index is 1.50. The molecule has 1 heteroatoms. The maximum atomic E-state index is 11.2. The van der Waals surface area contributed by atoms with Gasteiger partial charge >= 0.3 is 0 Å². The van der Waals surface area contributed by atoms with Crippen LogP contribution in [-0.2, 0) is 6.42 Å². The molecule has 0 aliphatic heterocycles. The van der Waals surface area contributed by atoms with E-state index in [9.17, 15) is 5.11 Å². The Labute approximate surface area is 128 Å². The van der Waals surface area contributed by atoms with E-state index in [0.29, 0.717) is 5.92 Å². The van der Waals surface area contributed by atoms with Gasteiger partial charge in [-0.05, 0) is 86.7 Å². The van der Waals surface area contributed by atoms with Crippen molar-refractivity contribution in [2.24, 2.45) is 11.8 Å². The van der Waals surface area contributed by atoms with E-state index < -0.39 is 0 Å². The van der Waals surface area contributed by atoms with Crippen molar-refractivity contribution >= 4 is 0 Å². The van der Waals surface area contributed by atoms with Crippen LogP contribution in [0.4, 0.5) is 0 Å². The van der Waals surface area contributed by atoms with Crippen LogP contribution in [0.2, 0.25) is 0 Å². The van der Waals surface area contributed by atoms with E-state index in [-0.39, 0.29) is 5.60 Å². The van der Waals surface area contributed by atoms with Crippen molar-refractivity contribution in [2.75, 3.05) is 0 Å². The van der Waals surface area contributed by atoms with Gasteiger partial charge in [0.1, 0.15) is 0 Å². The monoisotopic (exact) mass is 284 g/mol. The summed E-state index contributed by atoms with van der Waals surface area (Å²) < 4.78 is 0. The molecular weight excluding hydrogens is 256 g/mol. The first-order valence-corrected chi connectivity index (χ1v) is 9.04. The van der Waals surface area contributed by atoms with E-state index in [1.807, 2.05) is 0 Å². The zero-order valence-electron chi connectivity index (χ0n) is 13.1. The summed E-state index contributed by atoms with van der Waals surface area (Å²) in [4.78, 5) is 0. The van der Waals surface area contributed by atoms with Crippen LogP contribution in [0.3, 0.4) is 0 Å². The predicted molar refractivity (Wildman–Crippen MR) is 86.4 cm³/mol. The molecule has 0 bridgehead atoms. The van der Waals surface area contributed by atoms with Gasteiger partial charge in [-0.2, -0.15) is 0 Å². The molecule has 3 aliphatic carbocycles. The van der Waals surface area contributed by atoms with Gasteiger partial charge in [0.25, 0.3) is 0 Å². The molecule has 1 nitrogen and oxygen atoms in total. The van der Waals surface area contributed by atoms with E-state index in [1.54, 1.807) is 0 Å². The quantitative estimate of drug-likeness (QED) is 0.843. The molecule has 0 amide bonds. The first-order valence-electron chi connectivity index (χ1n) is 9.04. The molecule has 3 unspecified atom stereocenters. The van der Waals surface area contributed by atoms with Crippen molar-refractivity contribution in [2.45, 2.75) is 75.7 Å². The third kappa shape index (κ3) is 2.90. The SMILES string of the molecule is OC1(CC2CCCc3ccccc32)CCCC(C2CC2)C1. The normalized spacial score (nSPS) is 36.2. The summed E-state index contributed by atoms with van der Waals surface area (Å²) in [5.74, 6) is 2.37. The van der Waals surface area contributed by atoms with Crippen molar-refractivity contribution in [3.8, 4) is 0 Å². The van der Waals surface area contributed by atoms with Gasteiger partial charge in [-0.25, -0.2) is 0 Å². The fraction of sp³-hybridized carbons (Fsp3) is 0.700. The van der Waals surface area contributed by atoms with Crippen molar-refractivity contribution in [3.05, 3.63) is 35.4 Å². The lowest BCUT2D eigenvalue weighted by Crippen LogP contribution is -2.38. The molecule has 0 radical (unpaired) electrons. The number of rotatable bonds is 3. The standard InChI is InChI=1S/C20H28O/c21-20(12-4-8-17(13-20)15-10-11-15)14-18-7-3-6-16-5-1-2-9-19(16)18/h1-2,5,9,15,17-18,21H,3-4,6-8,10-14H2. The molecule has 4 rings (SSSR count). The second-order valence-electron chi connectivity index (χ2n) is 7.91. The molecule has 114 valence electrons. The smallest absolute Gasteiger partial charge is 0.0656 e. The molecule has 0 aromatic heterocycles. The zero-order valence-corrected chi connectivity index (χ0v) is 13.1. The summed E-state index contributed by atoms with van der Waals surface area (Å²) in [5, 5.41) is 11.2. The Hall–Kier alpha value is -0.820. The Kier molecular flexibility index (Phi) is 3.57. The van der Waals surface area contributed by atoms with Crippen molar-refractivity contribution in [3.63, 3.8) is 0 Å². The van der Waals surface area contributed by atoms with Crippen LogP contribution in [0.25, 0.3) is 0 Å². The average molecular weight is 284 g/mol. The summed E-state index contributed by atoms with van der Waals surface area (Å²) in [5.41, 5.74) is 2.69. The van der Waals surface area contributed by atoms with Gasteiger partial charge in [0.15, 0.2) is 0 Å². The highest BCUT2D eigenvalue weighted by Gasteiger charge is 2.42. The maximum absolute atomic E-state index is 11.2. The van der Waals surface area contributed by atoms with E-state index in [2.05, 4.69) is 24.3 Å². The van der Waals surface area contributed by atoms with E-state index in [0.717, 1.165) is 31.1 Å². The third-order valence-corrected chi connectivity index (χ3v) is 6.27. The predicted octanol–water partition coefficient (Wildman–Crippen LogP) is 4.83. The van der Waals surface area contributed by atoms with Crippen molar-refractivity contribution < 1.29 is 5.11 Å². The Morgan fingerprint density at radius 1 is 1.00 bits per heavy atom. The average Bonchev–Trinajstić information content (AvgIpc) is 3.32. The minimum Gasteiger partial charge on any atom is -0.390 e. The van der Waals surface area contributed by atoms with Gasteiger partial charge in [-0.15, -0.1) is 0 Å². The van der Waals surface area contributed by atoms with Gasteiger partial charge in [-0.3, -0.25) is 0 Å². The second kappa shape index (κ2) is 5.43. The van der Waals surface area contributed by atoms with Gasteiger partial charge in [0, 0.05) is 0 Å². The van der Waals surface area contributed by atoms with E-state index in [1.165, 1.54) is 56.1 Å². The molecule has 1 N–H and O–H groups in total. The molecular formula is C20H28O. The van der Waals surface area contributed by atoms with Crippen LogP contribution in [0.15, 0.2) is 24.3 Å². The Morgan fingerprint density at radius 3 is 2.71 bits per heavy atom. The Bertz CT molecular complexity index is 504. The molecule has 2 fully saturated rings. The number of hydrogen-bond donors (Lipinski definition) is 1. The molecule has 21 heavy (non-hydrogen) atoms. The summed E-state index contributed by atoms with van der Waals surface area (Å²) >= 11 is 0. The minimum atomic E-state index is -0.374. The van der Waals surface area contributed by atoms with Crippen LogP contribution in [0.1, 0.15) is 74.8 Å². The lowest BCUT2D eigenvalue weighted by atomic mass is 9.69. The molecule has 3 atom stereocenters. The van der Waals surface area contributed by atoms with Gasteiger partial charge < -0.3 is 5.11 Å². The van der Waals surface area contributed by atoms with Crippen LogP contribution >= 0.6 is 0 Å². The van der Waals surface area contributed by atoms with Gasteiger partial charge in [0.05, 0.1) is 5.60 Å². The number of aryl methyl sites for hydroxylation is 1. The minimum absolute atomic E-state index is 0.374. The van der Waals surface area contributed by atoms with E-state index >= 15 is 0 Å². The Morgan fingerprint density at radius 2 is 1.86 bits per heavy atom. The zero-order chi connectivity index (χ0) is 14.3. The fourth-order valence-corrected chi connectivity index (χ4v) is 5.07. The highest BCUT2D eigenvalue weighted by atomic mass is 16.3. The molecule has 1 aromatic rings. The number of fused-ring (bicyclic) bond motifs is 1. The summed E-state index contributed by atoms with van der Waals surface area (Å²) in [6, 6.07) is 8.94. The van der Waals surface area contributed by atoms with E-state index in [4.69, 9.17) is 0 Å². The molecule has 0 heterocycles. The highest BCUT2D eigenvalue weighted by Crippen LogP contribution is 2.49. The van der Waals surface area contributed by atoms with Crippen molar-refractivity contribution in [1.82, 2.24) is 0 Å². The van der Waals surface area contributed by atoms with Gasteiger partial charge in [-0.1, -0.05) is 30.7 Å². The van der Waals surface area contributed by atoms with Crippen LogP contribution in [-0.4, -0.2) is 10.7 Å². The number of benzene rings is 1. The highest BCUT2D eigenvalue weighted by molar-refractivity contribution is 5.32. The lowest BCUT2D eigenvalue weighted by Gasteiger charge is -2.40. The molecule has 2 saturated carbocycles. The molecule has 3 aliphatic rings. The molecule has 1 aromatic carbocycles. The molecule has 0 saturated heterocycles. The topological polar surface area (TPSA) is 20.2 Å². The summed E-state index contributed by atoms with van der Waals surface area (Å²) in [6.45, 7) is 0. The van der Waals surface area contributed by atoms with Crippen LogP contribution in [0, 0.1) is 11.8 Å². The number of hydrogen-bond acceptors (Lipinski definition) is 1. The van der Waals surface area contributed by atoms with Crippen LogP contribution in [0.5, 0.6) is 0 Å². The third-order valence-electron chi connectivity index (χ3n) is 6.27. The van der Waals surface area contributed by atoms with Crippen molar-refractivity contribution in [1.29, 1.82) is 0 Å². The second-order valence-corrected chi connectivity index (χ2v) is 7.91. The summed E-state index contributed by atoms with van der Waals surface area (Å²) in [6.07, 6.45) is 12.4. The maximum Gasteiger partial charge on any atom is 0.0656 e. The largest absolute Gasteiger partial charge is 0.390 e. The first-order chi connectivity index (χ1) is 10.2. The lowest BCUT2D eigenvalue weighted by molar-refractivity contribution is -0.0333.